The summed E-state index contributed by atoms with van der Waals surface area (Å²) in [4.78, 5) is 15.1. The second kappa shape index (κ2) is 4.47. The summed E-state index contributed by atoms with van der Waals surface area (Å²) in [5.41, 5.74) is 7.23. The minimum Gasteiger partial charge on any atom is -0.476 e. The van der Waals surface area contributed by atoms with Gasteiger partial charge in [-0.2, -0.15) is 0 Å². The van der Waals surface area contributed by atoms with Crippen molar-refractivity contribution in [3.8, 4) is 11.1 Å². The number of carbonyl (C=O) groups is 1. The summed E-state index contributed by atoms with van der Waals surface area (Å²) in [6.07, 6.45) is 1.47. The van der Waals surface area contributed by atoms with Crippen LogP contribution in [0.2, 0.25) is 0 Å². The van der Waals surface area contributed by atoms with E-state index < -0.39 is 5.97 Å². The van der Waals surface area contributed by atoms with Gasteiger partial charge >= 0.3 is 5.97 Å². The highest BCUT2D eigenvalue weighted by Gasteiger charge is 2.15. The molecule has 0 aliphatic heterocycles. The van der Waals surface area contributed by atoms with Crippen LogP contribution in [0.4, 0.5) is 5.69 Å². The van der Waals surface area contributed by atoms with E-state index in [0.717, 1.165) is 11.1 Å². The summed E-state index contributed by atoms with van der Waals surface area (Å²) >= 11 is 4.26. The van der Waals surface area contributed by atoms with Crippen molar-refractivity contribution in [1.29, 1.82) is 0 Å². The molecule has 0 radical (unpaired) electrons. The van der Waals surface area contributed by atoms with Gasteiger partial charge in [-0.15, -0.1) is 12.6 Å². The highest BCUT2D eigenvalue weighted by atomic mass is 32.1. The van der Waals surface area contributed by atoms with E-state index in [1.165, 1.54) is 6.20 Å². The molecule has 0 aliphatic rings. The lowest BCUT2D eigenvalue weighted by Gasteiger charge is -2.09. The first-order valence-electron chi connectivity index (χ1n) is 4.87. The second-order valence-corrected chi connectivity index (χ2v) is 3.90. The molecule has 0 saturated heterocycles. The van der Waals surface area contributed by atoms with E-state index in [1.54, 1.807) is 0 Å². The third-order valence-corrected chi connectivity index (χ3v) is 2.86. The number of nitrogens with two attached hydrogens (primary N) is 1. The van der Waals surface area contributed by atoms with Crippen LogP contribution in [-0.2, 0) is 0 Å². The predicted octanol–water partition coefficient (Wildman–Crippen LogP) is 2.32. The van der Waals surface area contributed by atoms with Gasteiger partial charge in [-0.1, -0.05) is 30.3 Å². The van der Waals surface area contributed by atoms with Crippen LogP contribution in [0.25, 0.3) is 11.1 Å². The molecule has 4 nitrogen and oxygen atoms in total. The van der Waals surface area contributed by atoms with Crippen molar-refractivity contribution in [3.05, 3.63) is 42.2 Å². The maximum Gasteiger partial charge on any atom is 0.356 e. The smallest absolute Gasteiger partial charge is 0.356 e. The van der Waals surface area contributed by atoms with Crippen molar-refractivity contribution < 1.29 is 9.90 Å². The van der Waals surface area contributed by atoms with Gasteiger partial charge in [0.15, 0.2) is 5.69 Å². The highest BCUT2D eigenvalue weighted by molar-refractivity contribution is 7.80. The molecule has 86 valence electrons. The SMILES string of the molecule is Nc1c(C(=O)O)ncc(-c2ccccc2)c1S. The Balaban J connectivity index is 2.60. The number of hydrogen-bond donors (Lipinski definition) is 3. The quantitative estimate of drug-likeness (QED) is 0.711. The zero-order valence-electron chi connectivity index (χ0n) is 8.79. The molecule has 1 aromatic heterocycles. The Bertz CT molecular complexity index is 570. The number of hydrogen-bond acceptors (Lipinski definition) is 4. The van der Waals surface area contributed by atoms with Crippen molar-refractivity contribution >= 4 is 24.3 Å². The van der Waals surface area contributed by atoms with Gasteiger partial charge < -0.3 is 10.8 Å². The Kier molecular flexibility index (Phi) is 3.01. The Morgan fingerprint density at radius 3 is 2.53 bits per heavy atom. The van der Waals surface area contributed by atoms with Gasteiger partial charge in [0.25, 0.3) is 0 Å². The zero-order chi connectivity index (χ0) is 12.4. The van der Waals surface area contributed by atoms with Crippen molar-refractivity contribution in [1.82, 2.24) is 4.98 Å². The molecule has 1 heterocycles. The summed E-state index contributed by atoms with van der Waals surface area (Å²) < 4.78 is 0. The molecule has 1 aromatic carbocycles. The Labute approximate surface area is 104 Å². The average Bonchev–Trinajstić information content (AvgIpc) is 2.33. The van der Waals surface area contributed by atoms with E-state index in [0.29, 0.717) is 4.90 Å². The molecule has 0 bridgehead atoms. The largest absolute Gasteiger partial charge is 0.476 e. The maximum atomic E-state index is 10.8. The summed E-state index contributed by atoms with van der Waals surface area (Å²) in [6.45, 7) is 0. The number of rotatable bonds is 2. The molecular weight excluding hydrogens is 236 g/mol. The van der Waals surface area contributed by atoms with Gasteiger partial charge in [0.1, 0.15) is 0 Å². The summed E-state index contributed by atoms with van der Waals surface area (Å²) in [6, 6.07) is 9.42. The first-order valence-corrected chi connectivity index (χ1v) is 5.32. The van der Waals surface area contributed by atoms with Crippen LogP contribution in [0, 0.1) is 0 Å². The first-order chi connectivity index (χ1) is 8.11. The molecule has 0 aliphatic carbocycles. The number of pyridine rings is 1. The number of carboxylic acids is 1. The number of aromatic carboxylic acids is 1. The van der Waals surface area contributed by atoms with E-state index in [4.69, 9.17) is 10.8 Å². The van der Waals surface area contributed by atoms with Crippen LogP contribution < -0.4 is 5.73 Å². The molecule has 2 aromatic rings. The van der Waals surface area contributed by atoms with Gasteiger partial charge in [0.05, 0.1) is 5.69 Å². The number of anilines is 1. The van der Waals surface area contributed by atoms with Crippen molar-refractivity contribution in [2.45, 2.75) is 4.90 Å². The van der Waals surface area contributed by atoms with E-state index in [1.807, 2.05) is 30.3 Å². The molecular formula is C12H10N2O2S. The molecule has 0 amide bonds. The number of nitrogen functional groups attached to an aromatic ring is 1. The number of carboxylic acid groups (broad SMARTS) is 1. The highest BCUT2D eigenvalue weighted by Crippen LogP contribution is 2.31. The van der Waals surface area contributed by atoms with Crippen LogP contribution >= 0.6 is 12.6 Å². The van der Waals surface area contributed by atoms with Crippen LogP contribution in [0.5, 0.6) is 0 Å². The summed E-state index contributed by atoms with van der Waals surface area (Å²) in [7, 11) is 0. The molecule has 5 heteroatoms. The third-order valence-electron chi connectivity index (χ3n) is 2.38. The lowest BCUT2D eigenvalue weighted by Crippen LogP contribution is -2.06. The normalized spacial score (nSPS) is 10.2. The van der Waals surface area contributed by atoms with Gasteiger partial charge in [-0.3, -0.25) is 0 Å². The van der Waals surface area contributed by atoms with E-state index >= 15 is 0 Å². The predicted molar refractivity (Wildman–Crippen MR) is 68.3 cm³/mol. The van der Waals surface area contributed by atoms with Crippen molar-refractivity contribution in [2.75, 3.05) is 5.73 Å². The fourth-order valence-electron chi connectivity index (χ4n) is 1.52. The number of benzene rings is 1. The van der Waals surface area contributed by atoms with Crippen molar-refractivity contribution in [2.24, 2.45) is 0 Å². The minimum atomic E-state index is -1.16. The number of thiol groups is 1. The zero-order valence-corrected chi connectivity index (χ0v) is 9.69. The first kappa shape index (κ1) is 11.5. The molecule has 17 heavy (non-hydrogen) atoms. The Morgan fingerprint density at radius 1 is 1.29 bits per heavy atom. The van der Waals surface area contributed by atoms with E-state index in [2.05, 4.69) is 17.6 Å². The van der Waals surface area contributed by atoms with Crippen LogP contribution in [-0.4, -0.2) is 16.1 Å². The van der Waals surface area contributed by atoms with Gasteiger partial charge in [-0.05, 0) is 5.56 Å². The van der Waals surface area contributed by atoms with Gasteiger partial charge in [-0.25, -0.2) is 9.78 Å². The van der Waals surface area contributed by atoms with E-state index in [9.17, 15) is 4.79 Å². The molecule has 0 spiro atoms. The fraction of sp³-hybridized carbons (Fsp3) is 0. The minimum absolute atomic E-state index is 0.0854. The number of nitrogens with zero attached hydrogens (tertiary/aromatic N) is 1. The van der Waals surface area contributed by atoms with E-state index in [-0.39, 0.29) is 11.4 Å². The summed E-state index contributed by atoms with van der Waals surface area (Å²) in [5.74, 6) is -1.16. The van der Waals surface area contributed by atoms with Crippen LogP contribution in [0.1, 0.15) is 10.5 Å². The monoisotopic (exact) mass is 246 g/mol. The molecule has 0 fully saturated rings. The summed E-state index contributed by atoms with van der Waals surface area (Å²) in [5, 5.41) is 8.88. The maximum absolute atomic E-state index is 10.8. The molecule has 0 unspecified atom stereocenters. The Hall–Kier alpha value is -2.01. The molecule has 0 saturated carbocycles. The van der Waals surface area contributed by atoms with Gasteiger partial charge in [0.2, 0.25) is 0 Å². The Morgan fingerprint density at radius 2 is 1.94 bits per heavy atom. The lowest BCUT2D eigenvalue weighted by molar-refractivity contribution is 0.0691. The standard InChI is InChI=1S/C12H10N2O2S/c13-9-10(12(15)16)14-6-8(11(9)17)7-4-2-1-3-5-7/h1-6H,13H2,(H,14,17)(H,15,16). The second-order valence-electron chi connectivity index (χ2n) is 3.45. The van der Waals surface area contributed by atoms with Crippen LogP contribution in [0.3, 0.4) is 0 Å². The third kappa shape index (κ3) is 2.09. The lowest BCUT2D eigenvalue weighted by atomic mass is 10.1. The molecule has 2 rings (SSSR count). The van der Waals surface area contributed by atoms with Gasteiger partial charge in [0, 0.05) is 16.7 Å². The average molecular weight is 246 g/mol. The number of aromatic nitrogens is 1. The fourth-order valence-corrected chi connectivity index (χ4v) is 1.81. The topological polar surface area (TPSA) is 76.2 Å². The van der Waals surface area contributed by atoms with Crippen molar-refractivity contribution in [3.63, 3.8) is 0 Å². The molecule has 0 atom stereocenters. The molecule has 3 N–H and O–H groups in total. The van der Waals surface area contributed by atoms with Crippen LogP contribution in [0.15, 0.2) is 41.4 Å².